The molecule has 0 saturated heterocycles. The topological polar surface area (TPSA) is 90.9 Å². The second-order valence-electron chi connectivity index (χ2n) is 8.05. The third-order valence-electron chi connectivity index (χ3n) is 5.86. The third kappa shape index (κ3) is 4.29. The molecule has 0 spiro atoms. The van der Waals surface area contributed by atoms with Gasteiger partial charge in [0.15, 0.2) is 22.8 Å². The molecule has 0 aliphatic carbocycles. The van der Waals surface area contributed by atoms with Crippen molar-refractivity contribution in [1.29, 1.82) is 0 Å². The maximum Gasteiger partial charge on any atom is 0.354 e. The van der Waals surface area contributed by atoms with Crippen molar-refractivity contribution < 1.29 is 27.8 Å². The number of aromatic hydroxyl groups is 1. The van der Waals surface area contributed by atoms with Crippen LogP contribution in [0, 0.1) is 11.6 Å². The average Bonchev–Trinajstić information content (AvgIpc) is 2.90. The fourth-order valence-corrected chi connectivity index (χ4v) is 4.93. The second kappa shape index (κ2) is 9.62. The Balaban J connectivity index is 1.85. The van der Waals surface area contributed by atoms with Crippen LogP contribution in [0.15, 0.2) is 84.5 Å². The van der Waals surface area contributed by atoms with Gasteiger partial charge in [-0.15, -0.1) is 0 Å². The number of hydrogen-bond donors (Lipinski definition) is 1. The minimum atomic E-state index is -0.940. The zero-order chi connectivity index (χ0) is 26.3. The van der Waals surface area contributed by atoms with Crippen LogP contribution in [0.5, 0.6) is 17.2 Å². The summed E-state index contributed by atoms with van der Waals surface area (Å²) in [5, 5.41) is 11.2. The van der Waals surface area contributed by atoms with E-state index < -0.39 is 28.6 Å². The molecule has 7 nitrogen and oxygen atoms in total. The molecule has 188 valence electrons. The highest BCUT2D eigenvalue weighted by Crippen LogP contribution is 2.40. The molecule has 0 radical (unpaired) electrons. The van der Waals surface area contributed by atoms with Gasteiger partial charge in [0.1, 0.15) is 21.9 Å². The number of hydrogen-bond acceptors (Lipinski definition) is 7. The first-order valence-electron chi connectivity index (χ1n) is 11.0. The predicted octanol–water partition coefficient (Wildman–Crippen LogP) is 5.31. The number of nitrogens with zero attached hydrogens (tertiary/aromatic N) is 1. The SMILES string of the molecule is COc1cc2c3oc(=O)c(Sc4ccccc4F)c(O)c3c(=O)n(Cc3ccc(F)cc3)c2cc1OC. The van der Waals surface area contributed by atoms with Crippen molar-refractivity contribution in [3.8, 4) is 17.2 Å². The molecule has 0 unspecified atom stereocenters. The van der Waals surface area contributed by atoms with Crippen LogP contribution in [0.1, 0.15) is 5.56 Å². The Labute approximate surface area is 212 Å². The molecular formula is C27H19F2NO6S. The molecule has 2 aromatic heterocycles. The van der Waals surface area contributed by atoms with Crippen LogP contribution in [0.2, 0.25) is 0 Å². The number of aromatic nitrogens is 1. The van der Waals surface area contributed by atoms with Gasteiger partial charge in [-0.1, -0.05) is 36.0 Å². The minimum Gasteiger partial charge on any atom is -0.505 e. The number of pyridine rings is 1. The fraction of sp³-hybridized carbons (Fsp3) is 0.111. The van der Waals surface area contributed by atoms with Gasteiger partial charge in [-0.3, -0.25) is 4.79 Å². The number of fused-ring (bicyclic) bond motifs is 3. The molecule has 1 N–H and O–H groups in total. The van der Waals surface area contributed by atoms with Gasteiger partial charge in [0.05, 0.1) is 26.3 Å². The van der Waals surface area contributed by atoms with Gasteiger partial charge in [-0.25, -0.2) is 13.6 Å². The summed E-state index contributed by atoms with van der Waals surface area (Å²) in [6.45, 7) is 0.00932. The lowest BCUT2D eigenvalue weighted by molar-refractivity contribution is 0.355. The van der Waals surface area contributed by atoms with Crippen LogP contribution < -0.4 is 20.7 Å². The summed E-state index contributed by atoms with van der Waals surface area (Å²) in [6, 6.07) is 14.4. The molecule has 5 rings (SSSR count). The largest absolute Gasteiger partial charge is 0.505 e. The number of halogens is 2. The summed E-state index contributed by atoms with van der Waals surface area (Å²) >= 11 is 0.656. The molecule has 0 aliphatic heterocycles. The first kappa shape index (κ1) is 24.4. The zero-order valence-corrected chi connectivity index (χ0v) is 20.4. The summed E-state index contributed by atoms with van der Waals surface area (Å²) in [4.78, 5) is 26.5. The standard InChI is InChI=1S/C27H19F2NO6S/c1-34-19-11-16-18(12-20(19)35-2)30(13-14-7-9-15(28)10-8-14)26(32)22-23(31)25(27(33)36-24(16)22)37-21-6-4-3-5-17(21)29/h3-12,31H,13H2,1-2H3. The molecule has 0 bridgehead atoms. The molecule has 2 heterocycles. The lowest BCUT2D eigenvalue weighted by Crippen LogP contribution is -2.23. The Morgan fingerprint density at radius 1 is 0.973 bits per heavy atom. The third-order valence-corrected chi connectivity index (χ3v) is 6.97. The molecule has 0 fully saturated rings. The molecule has 0 aliphatic rings. The average molecular weight is 524 g/mol. The van der Waals surface area contributed by atoms with E-state index in [4.69, 9.17) is 13.9 Å². The van der Waals surface area contributed by atoms with Gasteiger partial charge in [-0.2, -0.15) is 0 Å². The Hall–Kier alpha value is -4.31. The van der Waals surface area contributed by atoms with Crippen molar-refractivity contribution in [1.82, 2.24) is 4.57 Å². The van der Waals surface area contributed by atoms with Gasteiger partial charge < -0.3 is 23.6 Å². The highest BCUT2D eigenvalue weighted by Gasteiger charge is 2.24. The Morgan fingerprint density at radius 3 is 2.32 bits per heavy atom. The Morgan fingerprint density at radius 2 is 1.65 bits per heavy atom. The van der Waals surface area contributed by atoms with Crippen LogP contribution >= 0.6 is 11.8 Å². The smallest absolute Gasteiger partial charge is 0.354 e. The number of methoxy groups -OCH3 is 2. The van der Waals surface area contributed by atoms with Crippen LogP contribution in [-0.4, -0.2) is 23.9 Å². The maximum absolute atomic E-state index is 14.3. The monoisotopic (exact) mass is 523 g/mol. The van der Waals surface area contributed by atoms with Gasteiger partial charge in [-0.05, 0) is 35.9 Å². The number of rotatable bonds is 6. The first-order valence-corrected chi connectivity index (χ1v) is 11.8. The molecule has 0 atom stereocenters. The lowest BCUT2D eigenvalue weighted by Gasteiger charge is -2.16. The zero-order valence-electron chi connectivity index (χ0n) is 19.6. The summed E-state index contributed by atoms with van der Waals surface area (Å²) in [6.07, 6.45) is 0. The number of ether oxygens (including phenoxy) is 2. The normalized spacial score (nSPS) is 11.2. The molecule has 10 heteroatoms. The van der Waals surface area contributed by atoms with Crippen LogP contribution in [0.25, 0.3) is 21.9 Å². The van der Waals surface area contributed by atoms with E-state index in [0.717, 1.165) is 0 Å². The van der Waals surface area contributed by atoms with E-state index in [1.807, 2.05) is 0 Å². The summed E-state index contributed by atoms with van der Waals surface area (Å²) in [5.74, 6) is -1.04. The van der Waals surface area contributed by atoms with Gasteiger partial charge in [0.25, 0.3) is 5.56 Å². The molecule has 0 saturated carbocycles. The molecular weight excluding hydrogens is 504 g/mol. The van der Waals surface area contributed by atoms with Gasteiger partial charge in [0.2, 0.25) is 0 Å². The highest BCUT2D eigenvalue weighted by molar-refractivity contribution is 7.99. The van der Waals surface area contributed by atoms with E-state index in [1.165, 1.54) is 67.3 Å². The van der Waals surface area contributed by atoms with Gasteiger partial charge in [0, 0.05) is 16.3 Å². The summed E-state index contributed by atoms with van der Waals surface area (Å²) < 4.78 is 45.5. The molecule has 5 aromatic rings. The van der Waals surface area contributed by atoms with Crippen LogP contribution in [0.4, 0.5) is 8.78 Å². The second-order valence-corrected chi connectivity index (χ2v) is 9.10. The van der Waals surface area contributed by atoms with E-state index in [0.29, 0.717) is 39.7 Å². The predicted molar refractivity (Wildman–Crippen MR) is 135 cm³/mol. The van der Waals surface area contributed by atoms with E-state index in [2.05, 4.69) is 0 Å². The van der Waals surface area contributed by atoms with Crippen LogP contribution in [-0.2, 0) is 6.54 Å². The van der Waals surface area contributed by atoms with Crippen molar-refractivity contribution in [3.63, 3.8) is 0 Å². The highest BCUT2D eigenvalue weighted by atomic mass is 32.2. The minimum absolute atomic E-state index is 0.00932. The van der Waals surface area contributed by atoms with Crippen LogP contribution in [0.3, 0.4) is 0 Å². The van der Waals surface area contributed by atoms with E-state index in [-0.39, 0.29) is 27.3 Å². The van der Waals surface area contributed by atoms with Gasteiger partial charge >= 0.3 is 5.63 Å². The molecule has 3 aromatic carbocycles. The maximum atomic E-state index is 14.3. The fourth-order valence-electron chi connectivity index (χ4n) is 4.07. The van der Waals surface area contributed by atoms with Crippen molar-refractivity contribution >= 4 is 33.6 Å². The lowest BCUT2D eigenvalue weighted by atomic mass is 10.1. The summed E-state index contributed by atoms with van der Waals surface area (Å²) in [7, 11) is 2.86. The molecule has 0 amide bonds. The first-order chi connectivity index (χ1) is 17.8. The van der Waals surface area contributed by atoms with Crippen molar-refractivity contribution in [2.75, 3.05) is 14.2 Å². The van der Waals surface area contributed by atoms with E-state index in [9.17, 15) is 23.5 Å². The van der Waals surface area contributed by atoms with E-state index >= 15 is 0 Å². The number of benzene rings is 3. The quantitative estimate of drug-likeness (QED) is 0.302. The molecule has 37 heavy (non-hydrogen) atoms. The van der Waals surface area contributed by atoms with Crippen molar-refractivity contribution in [2.45, 2.75) is 16.3 Å². The van der Waals surface area contributed by atoms with E-state index in [1.54, 1.807) is 12.1 Å². The van der Waals surface area contributed by atoms with Crippen molar-refractivity contribution in [2.24, 2.45) is 0 Å². The summed E-state index contributed by atoms with van der Waals surface area (Å²) in [5.41, 5.74) is -0.828. The van der Waals surface area contributed by atoms with Crippen molar-refractivity contribution in [3.05, 3.63) is 98.6 Å². The Kier molecular flexibility index (Phi) is 6.34. The Bertz CT molecular complexity index is 1780.